The molecule has 238 valence electrons. The van der Waals surface area contributed by atoms with E-state index in [2.05, 4.69) is 67.3 Å². The fourth-order valence-corrected chi connectivity index (χ4v) is 12.7. The van der Waals surface area contributed by atoms with Gasteiger partial charge in [0.2, 0.25) is 5.91 Å². The van der Waals surface area contributed by atoms with Crippen molar-refractivity contribution >= 4 is 11.9 Å². The summed E-state index contributed by atoms with van der Waals surface area (Å²) in [6.45, 7) is 23.7. The number of fused-ring (bicyclic) bond motifs is 7. The Balaban J connectivity index is 1.51. The van der Waals surface area contributed by atoms with Gasteiger partial charge in [0.05, 0.1) is 12.5 Å². The van der Waals surface area contributed by atoms with Crippen LogP contribution in [0.25, 0.3) is 0 Å². The van der Waals surface area contributed by atoms with Crippen LogP contribution in [-0.4, -0.2) is 31.1 Å². The van der Waals surface area contributed by atoms with E-state index in [9.17, 15) is 9.59 Å². The first-order chi connectivity index (χ1) is 19.5. The van der Waals surface area contributed by atoms with Gasteiger partial charge >= 0.3 is 5.97 Å². The Morgan fingerprint density at radius 1 is 0.905 bits per heavy atom. The van der Waals surface area contributed by atoms with E-state index in [4.69, 9.17) is 10.5 Å². The van der Waals surface area contributed by atoms with Gasteiger partial charge in [-0.3, -0.25) is 4.79 Å². The van der Waals surface area contributed by atoms with E-state index in [1.807, 2.05) is 0 Å². The Kier molecular flexibility index (Phi) is 8.11. The first kappa shape index (κ1) is 32.0. The lowest BCUT2D eigenvalue weighted by atomic mass is 9.32. The number of nitrogens with one attached hydrogen (secondary N) is 1. The highest BCUT2D eigenvalue weighted by Gasteiger charge is 2.71. The monoisotopic (exact) mass is 582 g/mol. The molecule has 5 rings (SSSR count). The van der Waals surface area contributed by atoms with Crippen LogP contribution >= 0.6 is 0 Å². The molecule has 5 aliphatic carbocycles. The summed E-state index contributed by atoms with van der Waals surface area (Å²) in [6.07, 6.45) is 11.9. The smallest absolute Gasteiger partial charge is 0.328 e. The van der Waals surface area contributed by atoms with Gasteiger partial charge in [-0.15, -0.1) is 0 Å². The Bertz CT molecular complexity index is 1100. The van der Waals surface area contributed by atoms with Gasteiger partial charge < -0.3 is 15.8 Å². The van der Waals surface area contributed by atoms with Crippen molar-refractivity contribution in [3.63, 3.8) is 0 Å². The fraction of sp³-hybridized carbons (Fsp3) is 0.892. The first-order valence-electron chi connectivity index (χ1n) is 17.3. The molecule has 1 amide bonds. The summed E-state index contributed by atoms with van der Waals surface area (Å²) in [5.74, 6) is 2.56. The number of hydrogen-bond donors (Lipinski definition) is 2. The van der Waals surface area contributed by atoms with E-state index in [0.29, 0.717) is 41.5 Å². The molecule has 11 atom stereocenters. The molecule has 0 bridgehead atoms. The van der Waals surface area contributed by atoms with Gasteiger partial charge in [-0.05, 0) is 135 Å². The summed E-state index contributed by atoms with van der Waals surface area (Å²) >= 11 is 0. The van der Waals surface area contributed by atoms with Gasteiger partial charge in [0.1, 0.15) is 6.04 Å². The predicted octanol–water partition coefficient (Wildman–Crippen LogP) is 7.68. The van der Waals surface area contributed by atoms with Crippen LogP contribution in [0.4, 0.5) is 0 Å². The Labute approximate surface area is 256 Å². The lowest BCUT2D eigenvalue weighted by molar-refractivity contribution is -0.237. The number of rotatable bonds is 6. The molecule has 0 saturated heterocycles. The zero-order valence-electron chi connectivity index (χ0n) is 28.4. The van der Waals surface area contributed by atoms with Gasteiger partial charge in [-0.2, -0.15) is 0 Å². The van der Waals surface area contributed by atoms with Crippen LogP contribution in [0.15, 0.2) is 12.2 Å². The van der Waals surface area contributed by atoms with Crippen LogP contribution in [0.5, 0.6) is 0 Å². The molecule has 0 aliphatic heterocycles. The molecule has 3 N–H and O–H groups in total. The number of allylic oxidation sites excluding steroid dienone is 1. The molecule has 1 unspecified atom stereocenters. The number of methoxy groups -OCH3 is 1. The molecule has 0 radical (unpaired) electrons. The Hall–Kier alpha value is -1.36. The maximum atomic E-state index is 14.5. The lowest BCUT2D eigenvalue weighted by Crippen LogP contribution is -2.68. The molecular weight excluding hydrogens is 520 g/mol. The zero-order valence-corrected chi connectivity index (χ0v) is 28.4. The van der Waals surface area contributed by atoms with Crippen LogP contribution in [0, 0.1) is 62.6 Å². The van der Waals surface area contributed by atoms with E-state index in [0.717, 1.165) is 32.1 Å². The molecular formula is C37H62N2O3. The second-order valence-corrected chi connectivity index (χ2v) is 17.5. The van der Waals surface area contributed by atoms with Gasteiger partial charge in [0.15, 0.2) is 0 Å². The minimum atomic E-state index is -0.584. The number of ether oxygens (including phenoxy) is 1. The van der Waals surface area contributed by atoms with E-state index < -0.39 is 11.5 Å². The predicted molar refractivity (Wildman–Crippen MR) is 170 cm³/mol. The largest absolute Gasteiger partial charge is 0.467 e. The van der Waals surface area contributed by atoms with Crippen LogP contribution in [0.3, 0.4) is 0 Å². The van der Waals surface area contributed by atoms with Crippen molar-refractivity contribution in [2.24, 2.45) is 68.3 Å². The number of carbonyl (C=O) groups is 2. The maximum Gasteiger partial charge on any atom is 0.328 e. The van der Waals surface area contributed by atoms with Crippen LogP contribution in [-0.2, 0) is 14.3 Å². The standard InChI is InChI=1S/C37H62N2O3/c1-22(2)21-26(31(40)42-10)39-32(41)37-18-13-24(23(3)4)30(37)25-11-12-28-34(7)16-15-29(38)33(5,6)27(34)14-17-36(28,9)35(25,8)19-20-37/h22,24-30H,3,11-21,38H2,1-2,4-10H3,(H,39,41)/t24-,25+,26-,27-,28?,29-,30+,34-,35+,36+,37-/m0/s1. The molecule has 0 heterocycles. The molecule has 0 aromatic rings. The van der Waals surface area contributed by atoms with Crippen molar-refractivity contribution in [3.8, 4) is 0 Å². The topological polar surface area (TPSA) is 81.4 Å². The van der Waals surface area contributed by atoms with Crippen LogP contribution < -0.4 is 11.1 Å². The minimum Gasteiger partial charge on any atom is -0.467 e. The van der Waals surface area contributed by atoms with Crippen molar-refractivity contribution in [2.75, 3.05) is 7.11 Å². The van der Waals surface area contributed by atoms with Crippen LogP contribution in [0.1, 0.15) is 126 Å². The van der Waals surface area contributed by atoms with E-state index in [1.54, 1.807) is 0 Å². The maximum absolute atomic E-state index is 14.5. The number of amides is 1. The van der Waals surface area contributed by atoms with Gasteiger partial charge in [-0.1, -0.05) is 60.6 Å². The molecule has 5 heteroatoms. The van der Waals surface area contributed by atoms with Crippen molar-refractivity contribution in [2.45, 2.75) is 138 Å². The second kappa shape index (κ2) is 10.6. The summed E-state index contributed by atoms with van der Waals surface area (Å²) in [5, 5.41) is 3.27. The third kappa shape index (κ3) is 4.39. The third-order valence-corrected chi connectivity index (χ3v) is 15.1. The second-order valence-electron chi connectivity index (χ2n) is 17.5. The lowest BCUT2D eigenvalue weighted by Gasteiger charge is -2.73. The fourth-order valence-electron chi connectivity index (χ4n) is 12.7. The highest BCUT2D eigenvalue weighted by atomic mass is 16.5. The zero-order chi connectivity index (χ0) is 31.0. The summed E-state index contributed by atoms with van der Waals surface area (Å²) in [7, 11) is 1.43. The summed E-state index contributed by atoms with van der Waals surface area (Å²) in [6, 6.07) is -0.292. The average molecular weight is 583 g/mol. The van der Waals surface area contributed by atoms with Crippen molar-refractivity contribution in [3.05, 3.63) is 12.2 Å². The highest BCUT2D eigenvalue weighted by molar-refractivity contribution is 5.88. The minimum absolute atomic E-state index is 0.0975. The first-order valence-corrected chi connectivity index (χ1v) is 17.3. The number of carbonyl (C=O) groups excluding carboxylic acids is 2. The molecule has 5 fully saturated rings. The highest BCUT2D eigenvalue weighted by Crippen LogP contribution is 2.77. The molecule has 5 nitrogen and oxygen atoms in total. The Morgan fingerprint density at radius 3 is 2.21 bits per heavy atom. The van der Waals surface area contributed by atoms with Crippen molar-refractivity contribution in [1.29, 1.82) is 0 Å². The van der Waals surface area contributed by atoms with E-state index in [1.165, 1.54) is 44.8 Å². The van der Waals surface area contributed by atoms with Gasteiger partial charge in [0.25, 0.3) is 0 Å². The van der Waals surface area contributed by atoms with Gasteiger partial charge in [-0.25, -0.2) is 4.79 Å². The number of nitrogens with two attached hydrogens (primary N) is 1. The Morgan fingerprint density at radius 2 is 1.60 bits per heavy atom. The molecule has 0 aromatic carbocycles. The summed E-state index contributed by atoms with van der Waals surface area (Å²) < 4.78 is 5.14. The SMILES string of the molecule is C=C(C)[C@@H]1CC[C@]2(C(=O)N[C@@H](CC(C)C)C(=O)OC)CC[C@]3(C)[C@H](CCC4[C@@]5(C)CC[C@H](N)C(C)(C)[C@@H]5CC[C@]43C)[C@@H]12. The van der Waals surface area contributed by atoms with Crippen molar-refractivity contribution in [1.82, 2.24) is 5.32 Å². The molecule has 42 heavy (non-hydrogen) atoms. The third-order valence-electron chi connectivity index (χ3n) is 15.1. The summed E-state index contributed by atoms with van der Waals surface area (Å²) in [5.41, 5.74) is 8.49. The summed E-state index contributed by atoms with van der Waals surface area (Å²) in [4.78, 5) is 27.3. The number of esters is 1. The van der Waals surface area contributed by atoms with Gasteiger partial charge in [0, 0.05) is 6.04 Å². The van der Waals surface area contributed by atoms with Crippen LogP contribution in [0.2, 0.25) is 0 Å². The quantitative estimate of drug-likeness (QED) is 0.249. The van der Waals surface area contributed by atoms with E-state index in [-0.39, 0.29) is 40.0 Å². The number of hydrogen-bond acceptors (Lipinski definition) is 4. The molecule has 5 aliphatic rings. The molecule has 0 aromatic heterocycles. The molecule has 5 saturated carbocycles. The van der Waals surface area contributed by atoms with E-state index >= 15 is 0 Å². The average Bonchev–Trinajstić information content (AvgIpc) is 3.32. The molecule has 0 spiro atoms. The normalized spacial score (nSPS) is 46.5. The van der Waals surface area contributed by atoms with Crippen molar-refractivity contribution < 1.29 is 14.3 Å².